The average molecular weight is 525 g/mol. The monoisotopic (exact) mass is 524 g/mol. The molecule has 0 fully saturated rings. The van der Waals surface area contributed by atoms with Crippen molar-refractivity contribution in [1.82, 2.24) is 4.57 Å². The van der Waals surface area contributed by atoms with Gasteiger partial charge in [-0.3, -0.25) is 0 Å². The van der Waals surface area contributed by atoms with Crippen LogP contribution < -0.4 is 0 Å². The number of nitriles is 1. The molecule has 0 atom stereocenters. The van der Waals surface area contributed by atoms with Crippen molar-refractivity contribution in [3.63, 3.8) is 0 Å². The summed E-state index contributed by atoms with van der Waals surface area (Å²) in [5.41, 5.74) is 13.2. The lowest BCUT2D eigenvalue weighted by Gasteiger charge is -2.13. The summed E-state index contributed by atoms with van der Waals surface area (Å²) in [4.78, 5) is 0. The molecule has 0 radical (unpaired) electrons. The molecule has 2 nitrogen and oxygen atoms in total. The molecular weight excluding hydrogens is 496 g/mol. The van der Waals surface area contributed by atoms with E-state index in [0.29, 0.717) is 5.56 Å². The number of nitrogens with zero attached hydrogens (tertiary/aromatic N) is 2. The van der Waals surface area contributed by atoms with Gasteiger partial charge in [0.25, 0.3) is 0 Å². The summed E-state index contributed by atoms with van der Waals surface area (Å²) in [5, 5.41) is 12.5. The van der Waals surface area contributed by atoms with Crippen LogP contribution in [-0.4, -0.2) is 4.57 Å². The molecule has 0 saturated carbocycles. The summed E-state index contributed by atoms with van der Waals surface area (Å²) in [6.45, 7) is 4.25. The van der Waals surface area contributed by atoms with Crippen LogP contribution in [0.1, 0.15) is 16.7 Å². The minimum Gasteiger partial charge on any atom is -0.309 e. The number of aromatic nitrogens is 1. The van der Waals surface area contributed by atoms with E-state index in [9.17, 15) is 5.26 Å². The molecule has 0 aliphatic heterocycles. The van der Waals surface area contributed by atoms with Crippen molar-refractivity contribution >= 4 is 21.8 Å². The Kier molecular flexibility index (Phi) is 5.99. The molecule has 7 rings (SSSR count). The van der Waals surface area contributed by atoms with Crippen molar-refractivity contribution < 1.29 is 0 Å². The van der Waals surface area contributed by atoms with Gasteiger partial charge >= 0.3 is 0 Å². The zero-order valence-electron chi connectivity index (χ0n) is 23.1. The SMILES string of the molecule is Cc1cccc(-c2cccc(-c3cccc(-c4cc(C#N)cc(-n5c6ccccc6c6cc(C)ccc65)c4)c3)c2)c1. The van der Waals surface area contributed by atoms with Crippen molar-refractivity contribution in [2.45, 2.75) is 13.8 Å². The topological polar surface area (TPSA) is 28.7 Å². The minimum absolute atomic E-state index is 0.641. The summed E-state index contributed by atoms with van der Waals surface area (Å²) in [7, 11) is 0. The van der Waals surface area contributed by atoms with Crippen LogP contribution in [0.2, 0.25) is 0 Å². The Balaban J connectivity index is 1.36. The quantitative estimate of drug-likeness (QED) is 0.225. The first-order valence-corrected chi connectivity index (χ1v) is 13.9. The molecule has 1 heterocycles. The number of para-hydroxylation sites is 1. The van der Waals surface area contributed by atoms with E-state index in [1.54, 1.807) is 0 Å². The maximum atomic E-state index is 10.0. The van der Waals surface area contributed by atoms with Gasteiger partial charge in [0.05, 0.1) is 22.7 Å². The lowest BCUT2D eigenvalue weighted by Crippen LogP contribution is -1.96. The number of hydrogen-bond acceptors (Lipinski definition) is 1. The molecule has 41 heavy (non-hydrogen) atoms. The summed E-state index contributed by atoms with van der Waals surface area (Å²) >= 11 is 0. The fourth-order valence-electron chi connectivity index (χ4n) is 5.92. The Morgan fingerprint density at radius 3 is 1.73 bits per heavy atom. The van der Waals surface area contributed by atoms with Crippen molar-refractivity contribution in [2.75, 3.05) is 0 Å². The highest BCUT2D eigenvalue weighted by molar-refractivity contribution is 6.09. The number of fused-ring (bicyclic) bond motifs is 3. The summed E-state index contributed by atoms with van der Waals surface area (Å²) in [6.07, 6.45) is 0. The van der Waals surface area contributed by atoms with E-state index in [1.807, 2.05) is 12.1 Å². The second kappa shape index (κ2) is 9.97. The molecule has 0 spiro atoms. The van der Waals surface area contributed by atoms with Crippen LogP contribution in [-0.2, 0) is 0 Å². The first kappa shape index (κ1) is 24.6. The molecule has 0 bridgehead atoms. The largest absolute Gasteiger partial charge is 0.309 e. The van der Waals surface area contributed by atoms with E-state index in [0.717, 1.165) is 33.4 Å². The van der Waals surface area contributed by atoms with E-state index in [-0.39, 0.29) is 0 Å². The Labute approximate surface area is 240 Å². The molecule has 6 aromatic carbocycles. The maximum absolute atomic E-state index is 10.0. The highest BCUT2D eigenvalue weighted by atomic mass is 15.0. The number of aryl methyl sites for hydroxylation is 2. The van der Waals surface area contributed by atoms with Crippen LogP contribution in [0.4, 0.5) is 0 Å². The molecule has 1 aromatic heterocycles. The highest BCUT2D eigenvalue weighted by Gasteiger charge is 2.14. The van der Waals surface area contributed by atoms with Gasteiger partial charge in [0, 0.05) is 16.5 Å². The third-order valence-electron chi connectivity index (χ3n) is 7.88. The molecule has 0 saturated heterocycles. The van der Waals surface area contributed by atoms with Crippen molar-refractivity contribution in [1.29, 1.82) is 5.26 Å². The van der Waals surface area contributed by atoms with Crippen molar-refractivity contribution in [3.05, 3.63) is 150 Å². The molecule has 0 N–H and O–H groups in total. The van der Waals surface area contributed by atoms with Gasteiger partial charge in [0.2, 0.25) is 0 Å². The number of hydrogen-bond donors (Lipinski definition) is 0. The van der Waals surface area contributed by atoms with E-state index in [4.69, 9.17) is 0 Å². The van der Waals surface area contributed by atoms with E-state index in [2.05, 4.69) is 146 Å². The second-order valence-corrected chi connectivity index (χ2v) is 10.8. The fourth-order valence-corrected chi connectivity index (χ4v) is 5.92. The fraction of sp³-hybridized carbons (Fsp3) is 0.0513. The number of rotatable bonds is 4. The molecule has 0 aliphatic rings. The van der Waals surface area contributed by atoms with E-state index >= 15 is 0 Å². The molecule has 2 heteroatoms. The van der Waals surface area contributed by atoms with Crippen LogP contribution >= 0.6 is 0 Å². The molecule has 0 aliphatic carbocycles. The Morgan fingerprint density at radius 1 is 0.463 bits per heavy atom. The van der Waals surface area contributed by atoms with Gasteiger partial charge in [-0.15, -0.1) is 0 Å². The normalized spacial score (nSPS) is 11.1. The molecule has 0 amide bonds. The van der Waals surface area contributed by atoms with Crippen LogP contribution in [0, 0.1) is 25.2 Å². The Bertz CT molecular complexity index is 2140. The van der Waals surface area contributed by atoms with Crippen molar-refractivity contribution in [2.24, 2.45) is 0 Å². The first-order valence-electron chi connectivity index (χ1n) is 13.9. The summed E-state index contributed by atoms with van der Waals surface area (Å²) in [6, 6.07) is 49.6. The summed E-state index contributed by atoms with van der Waals surface area (Å²) < 4.78 is 2.28. The molecule has 7 aromatic rings. The first-order chi connectivity index (χ1) is 20.1. The van der Waals surface area contributed by atoms with Crippen LogP contribution in [0.5, 0.6) is 0 Å². The van der Waals surface area contributed by atoms with E-state index < -0.39 is 0 Å². The summed E-state index contributed by atoms with van der Waals surface area (Å²) in [5.74, 6) is 0. The predicted octanol–water partition coefficient (Wildman–Crippen LogP) is 10.3. The van der Waals surface area contributed by atoms with Gasteiger partial charge in [0.15, 0.2) is 0 Å². The van der Waals surface area contributed by atoms with Crippen LogP contribution in [0.25, 0.3) is 60.9 Å². The van der Waals surface area contributed by atoms with Gasteiger partial charge in [0.1, 0.15) is 0 Å². The minimum atomic E-state index is 0.641. The second-order valence-electron chi connectivity index (χ2n) is 10.8. The maximum Gasteiger partial charge on any atom is 0.0992 e. The van der Waals surface area contributed by atoms with Crippen LogP contribution in [0.3, 0.4) is 0 Å². The smallest absolute Gasteiger partial charge is 0.0992 e. The molecule has 0 unspecified atom stereocenters. The highest BCUT2D eigenvalue weighted by Crippen LogP contribution is 2.35. The number of benzene rings is 6. The van der Waals surface area contributed by atoms with Gasteiger partial charge in [-0.05, 0) is 95.8 Å². The van der Waals surface area contributed by atoms with Gasteiger partial charge in [-0.1, -0.05) is 96.1 Å². The third kappa shape index (κ3) is 4.48. The standard InChI is InChI=1S/C39H28N2/c1-26-8-5-9-29(18-26)30-10-6-11-31(22-30)32-12-7-13-33(23-32)34-20-28(25-40)21-35(24-34)41-38-15-4-3-14-36(38)37-19-27(2)16-17-39(37)41/h3-24H,1-2H3. The molecule has 194 valence electrons. The third-order valence-corrected chi connectivity index (χ3v) is 7.88. The zero-order valence-corrected chi connectivity index (χ0v) is 23.1. The van der Waals surface area contributed by atoms with E-state index in [1.165, 1.54) is 38.6 Å². The molecular formula is C39H28N2. The average Bonchev–Trinajstić information content (AvgIpc) is 3.34. The van der Waals surface area contributed by atoms with Crippen LogP contribution in [0.15, 0.2) is 133 Å². The van der Waals surface area contributed by atoms with Gasteiger partial charge < -0.3 is 4.57 Å². The van der Waals surface area contributed by atoms with Gasteiger partial charge in [-0.2, -0.15) is 5.26 Å². The Hall–Kier alpha value is -5.39. The van der Waals surface area contributed by atoms with Gasteiger partial charge in [-0.25, -0.2) is 0 Å². The zero-order chi connectivity index (χ0) is 27.9. The lowest BCUT2D eigenvalue weighted by atomic mass is 9.95. The van der Waals surface area contributed by atoms with Crippen molar-refractivity contribution in [3.8, 4) is 45.1 Å². The predicted molar refractivity (Wildman–Crippen MR) is 171 cm³/mol. The Morgan fingerprint density at radius 2 is 1.05 bits per heavy atom. The lowest BCUT2D eigenvalue weighted by molar-refractivity contribution is 1.18.